The van der Waals surface area contributed by atoms with E-state index in [0.29, 0.717) is 0 Å². The van der Waals surface area contributed by atoms with Gasteiger partial charge >= 0.3 is 0 Å². The topological polar surface area (TPSA) is 80.5 Å². The maximum absolute atomic E-state index is 11.7. The number of rotatable bonds is 2. The Kier molecular flexibility index (Phi) is 2.35. The zero-order valence-electron chi connectivity index (χ0n) is 7.84. The fraction of sp³-hybridized carbons (Fsp3) is 0.111. The van der Waals surface area contributed by atoms with E-state index < -0.39 is 16.7 Å². The van der Waals surface area contributed by atoms with E-state index in [1.165, 1.54) is 18.2 Å². The lowest BCUT2D eigenvalue weighted by atomic mass is 10.1. The number of hydrogen-bond donors (Lipinski definition) is 0. The van der Waals surface area contributed by atoms with Crippen LogP contribution in [-0.4, -0.2) is 27.6 Å². The molecular weight excluding hydrogens is 236 g/mol. The summed E-state index contributed by atoms with van der Waals surface area (Å²) in [5.74, 6) is -1.32. The smallest absolute Gasteiger partial charge is 0.269 e. The van der Waals surface area contributed by atoms with Crippen molar-refractivity contribution >= 4 is 29.1 Å². The molecule has 0 bridgehead atoms. The summed E-state index contributed by atoms with van der Waals surface area (Å²) >= 11 is 5.43. The summed E-state index contributed by atoms with van der Waals surface area (Å²) < 4.78 is 0. The summed E-state index contributed by atoms with van der Waals surface area (Å²) in [5.41, 5.74) is -0.526. The number of hydrogen-bond acceptors (Lipinski definition) is 4. The van der Waals surface area contributed by atoms with Crippen molar-refractivity contribution in [3.8, 4) is 0 Å². The molecule has 7 heteroatoms. The van der Waals surface area contributed by atoms with Crippen molar-refractivity contribution in [2.24, 2.45) is 0 Å². The highest BCUT2D eigenvalue weighted by Crippen LogP contribution is 2.30. The molecule has 1 aromatic carbocycles. The van der Waals surface area contributed by atoms with Gasteiger partial charge in [-0.2, -0.15) is 0 Å². The van der Waals surface area contributed by atoms with Crippen LogP contribution in [0.4, 0.5) is 5.69 Å². The van der Waals surface area contributed by atoms with Crippen molar-refractivity contribution in [2.75, 3.05) is 6.00 Å². The minimum Gasteiger partial charge on any atom is -0.269 e. The first kappa shape index (κ1) is 10.6. The van der Waals surface area contributed by atoms with Crippen molar-refractivity contribution in [1.82, 2.24) is 4.90 Å². The molecule has 0 N–H and O–H groups in total. The lowest BCUT2D eigenvalue weighted by molar-refractivity contribution is -0.385. The molecule has 16 heavy (non-hydrogen) atoms. The number of alkyl halides is 1. The van der Waals surface area contributed by atoms with Gasteiger partial charge < -0.3 is 0 Å². The summed E-state index contributed by atoms with van der Waals surface area (Å²) in [5, 5.41) is 10.7. The molecule has 1 heterocycles. The van der Waals surface area contributed by atoms with E-state index in [1.807, 2.05) is 0 Å². The van der Waals surface area contributed by atoms with Crippen LogP contribution in [0.25, 0.3) is 0 Å². The van der Waals surface area contributed by atoms with Gasteiger partial charge in [0.15, 0.2) is 0 Å². The standard InChI is InChI=1S/C9H5ClN2O4/c10-4-11-8(13)5-2-1-3-6(12(15)16)7(5)9(11)14/h1-3H,4H2. The van der Waals surface area contributed by atoms with E-state index in [4.69, 9.17) is 11.6 Å². The molecule has 0 saturated carbocycles. The third-order valence-corrected chi connectivity index (χ3v) is 2.53. The van der Waals surface area contributed by atoms with E-state index in [0.717, 1.165) is 4.90 Å². The average Bonchev–Trinajstić information content (AvgIpc) is 2.51. The molecule has 0 saturated heterocycles. The number of nitro groups is 1. The second kappa shape index (κ2) is 3.57. The van der Waals surface area contributed by atoms with Crippen molar-refractivity contribution in [2.45, 2.75) is 0 Å². The van der Waals surface area contributed by atoms with E-state index in [2.05, 4.69) is 0 Å². The molecule has 1 aliphatic rings. The Labute approximate surface area is 94.6 Å². The van der Waals surface area contributed by atoms with Gasteiger partial charge in [-0.05, 0) is 6.07 Å². The zero-order valence-corrected chi connectivity index (χ0v) is 8.60. The van der Waals surface area contributed by atoms with Gasteiger partial charge in [-0.1, -0.05) is 6.07 Å². The molecule has 1 aliphatic heterocycles. The van der Waals surface area contributed by atoms with Crippen molar-refractivity contribution in [3.05, 3.63) is 39.4 Å². The normalized spacial score (nSPS) is 14.2. The highest BCUT2D eigenvalue weighted by molar-refractivity contribution is 6.28. The molecule has 0 fully saturated rings. The van der Waals surface area contributed by atoms with Crippen LogP contribution in [0, 0.1) is 10.1 Å². The Morgan fingerprint density at radius 1 is 1.31 bits per heavy atom. The van der Waals surface area contributed by atoms with Gasteiger partial charge in [0.2, 0.25) is 0 Å². The Morgan fingerprint density at radius 3 is 2.56 bits per heavy atom. The number of benzene rings is 1. The van der Waals surface area contributed by atoms with E-state index in [9.17, 15) is 19.7 Å². The number of imide groups is 1. The van der Waals surface area contributed by atoms with E-state index in [-0.39, 0.29) is 22.8 Å². The minimum atomic E-state index is -0.720. The highest BCUT2D eigenvalue weighted by atomic mass is 35.5. The van der Waals surface area contributed by atoms with Crippen molar-refractivity contribution < 1.29 is 14.5 Å². The highest BCUT2D eigenvalue weighted by Gasteiger charge is 2.40. The van der Waals surface area contributed by atoms with Gasteiger partial charge in [0.05, 0.1) is 10.5 Å². The van der Waals surface area contributed by atoms with Crippen molar-refractivity contribution in [3.63, 3.8) is 0 Å². The first-order valence-corrected chi connectivity index (χ1v) is 4.81. The minimum absolute atomic E-state index is 0.0276. The van der Waals surface area contributed by atoms with Crippen molar-refractivity contribution in [1.29, 1.82) is 0 Å². The third kappa shape index (κ3) is 1.27. The molecule has 2 rings (SSSR count). The Hall–Kier alpha value is -1.95. The lowest BCUT2D eigenvalue weighted by Gasteiger charge is -2.07. The number of amides is 2. The van der Waals surface area contributed by atoms with Crippen LogP contribution in [0.2, 0.25) is 0 Å². The molecule has 0 unspecified atom stereocenters. The van der Waals surface area contributed by atoms with Crippen LogP contribution >= 0.6 is 11.6 Å². The number of nitro benzene ring substituents is 1. The molecule has 6 nitrogen and oxygen atoms in total. The first-order valence-electron chi connectivity index (χ1n) is 4.27. The van der Waals surface area contributed by atoms with Crippen LogP contribution in [-0.2, 0) is 0 Å². The maximum Gasteiger partial charge on any atom is 0.282 e. The zero-order chi connectivity index (χ0) is 11.9. The van der Waals surface area contributed by atoms with Gasteiger partial charge in [-0.15, -0.1) is 11.6 Å². The first-order chi connectivity index (χ1) is 7.57. The molecule has 0 aromatic heterocycles. The quantitative estimate of drug-likeness (QED) is 0.257. The SMILES string of the molecule is O=C1c2cccc([N+](=O)[O-])c2C(=O)N1CCl. The average molecular weight is 241 g/mol. The number of fused-ring (bicyclic) bond motifs is 1. The van der Waals surface area contributed by atoms with Gasteiger partial charge in [0, 0.05) is 6.07 Å². The lowest BCUT2D eigenvalue weighted by Crippen LogP contribution is -2.28. The summed E-state index contributed by atoms with van der Waals surface area (Å²) in [7, 11) is 0. The van der Waals surface area contributed by atoms with Gasteiger partial charge in [-0.25, -0.2) is 0 Å². The molecule has 0 atom stereocenters. The van der Waals surface area contributed by atoms with Crippen LogP contribution in [0.3, 0.4) is 0 Å². The van der Waals surface area contributed by atoms with Crippen LogP contribution in [0.5, 0.6) is 0 Å². The number of nitrogens with zero attached hydrogens (tertiary/aromatic N) is 2. The van der Waals surface area contributed by atoms with Crippen LogP contribution in [0.15, 0.2) is 18.2 Å². The van der Waals surface area contributed by atoms with Crippen LogP contribution in [0.1, 0.15) is 20.7 Å². The fourth-order valence-electron chi connectivity index (χ4n) is 1.58. The molecule has 82 valence electrons. The van der Waals surface area contributed by atoms with E-state index in [1.54, 1.807) is 0 Å². The molecule has 0 spiro atoms. The van der Waals surface area contributed by atoms with Crippen LogP contribution < -0.4 is 0 Å². The Morgan fingerprint density at radius 2 is 2.00 bits per heavy atom. The summed E-state index contributed by atoms with van der Waals surface area (Å²) in [6.45, 7) is 0. The molecule has 0 aliphatic carbocycles. The molecular formula is C9H5ClN2O4. The maximum atomic E-state index is 11.7. The van der Waals surface area contributed by atoms with Gasteiger partial charge in [0.25, 0.3) is 17.5 Å². The number of carbonyl (C=O) groups excluding carboxylic acids is 2. The Balaban J connectivity index is 2.68. The summed E-state index contributed by atoms with van der Waals surface area (Å²) in [6.07, 6.45) is 0. The molecule has 2 amide bonds. The second-order valence-electron chi connectivity index (χ2n) is 3.11. The summed E-state index contributed by atoms with van der Waals surface area (Å²) in [6, 6.07) is 3.60. The summed E-state index contributed by atoms with van der Waals surface area (Å²) in [4.78, 5) is 34.1. The van der Waals surface area contributed by atoms with Gasteiger partial charge in [-0.3, -0.25) is 24.6 Å². The monoisotopic (exact) mass is 240 g/mol. The largest absolute Gasteiger partial charge is 0.282 e. The predicted octanol–water partition coefficient (Wildman–Crippen LogP) is 1.39. The predicted molar refractivity (Wildman–Crippen MR) is 54.3 cm³/mol. The second-order valence-corrected chi connectivity index (χ2v) is 3.35. The fourth-order valence-corrected chi connectivity index (χ4v) is 1.79. The number of carbonyl (C=O) groups is 2. The number of halogens is 1. The Bertz CT molecular complexity index is 514. The molecule has 1 aromatic rings. The third-order valence-electron chi connectivity index (χ3n) is 2.29. The van der Waals surface area contributed by atoms with Gasteiger partial charge in [0.1, 0.15) is 11.6 Å². The molecule has 0 radical (unpaired) electrons. The van der Waals surface area contributed by atoms with E-state index >= 15 is 0 Å².